The summed E-state index contributed by atoms with van der Waals surface area (Å²) in [7, 11) is 0. The molecule has 1 unspecified atom stereocenters. The molecule has 0 bridgehead atoms. The predicted molar refractivity (Wildman–Crippen MR) is 113 cm³/mol. The maximum atomic E-state index is 10.3. The zero-order chi connectivity index (χ0) is 17.7. The predicted octanol–water partition coefficient (Wildman–Crippen LogP) is 5.87. The third-order valence-corrected chi connectivity index (χ3v) is 5.43. The Balaban J connectivity index is 0.00000243. The molecule has 0 aromatic heterocycles. The Kier molecular flexibility index (Phi) is 7.26. The number of likely N-dealkylation sites (tertiary alicyclic amines) is 1. The number of rotatable bonds is 6. The van der Waals surface area contributed by atoms with Crippen molar-refractivity contribution in [2.45, 2.75) is 44.9 Å². The van der Waals surface area contributed by atoms with Crippen LogP contribution in [0.25, 0.3) is 10.8 Å². The molecule has 0 aliphatic carbocycles. The van der Waals surface area contributed by atoms with Crippen molar-refractivity contribution in [2.24, 2.45) is 0 Å². The van der Waals surface area contributed by atoms with E-state index in [4.69, 9.17) is 0 Å². The molecule has 2 aromatic rings. The molecule has 0 saturated carbocycles. The summed E-state index contributed by atoms with van der Waals surface area (Å²) in [6.45, 7) is 7.60. The van der Waals surface area contributed by atoms with E-state index in [9.17, 15) is 5.26 Å². The molecule has 0 N–H and O–H groups in total. The first-order valence-corrected chi connectivity index (χ1v) is 9.40. The largest absolute Gasteiger partial charge is 0.303 e. The second-order valence-electron chi connectivity index (χ2n) is 7.50. The van der Waals surface area contributed by atoms with Crippen LogP contribution < -0.4 is 0 Å². The van der Waals surface area contributed by atoms with Crippen LogP contribution in [-0.4, -0.2) is 24.5 Å². The molecule has 0 spiro atoms. The number of hydrogen-bond donors (Lipinski definition) is 0. The van der Waals surface area contributed by atoms with Crippen LogP contribution in [0.3, 0.4) is 0 Å². The maximum Gasteiger partial charge on any atom is 0.0874 e. The van der Waals surface area contributed by atoms with Gasteiger partial charge in [0.1, 0.15) is 0 Å². The molecule has 1 saturated heterocycles. The first-order valence-electron chi connectivity index (χ1n) is 9.40. The van der Waals surface area contributed by atoms with Crippen molar-refractivity contribution in [1.29, 1.82) is 5.26 Å². The molecular formula is C23H29ClN2. The Morgan fingerprint density at radius 3 is 2.50 bits per heavy atom. The number of nitrogens with zero attached hydrogens (tertiary/aromatic N) is 2. The summed E-state index contributed by atoms with van der Waals surface area (Å²) in [6.07, 6.45) is 6.49. The smallest absolute Gasteiger partial charge is 0.0874 e. The van der Waals surface area contributed by atoms with E-state index in [0.29, 0.717) is 0 Å². The average Bonchev–Trinajstić information content (AvgIpc) is 3.15. The topological polar surface area (TPSA) is 27.0 Å². The third kappa shape index (κ3) is 4.47. The van der Waals surface area contributed by atoms with E-state index < -0.39 is 5.41 Å². The molecular weight excluding hydrogens is 340 g/mol. The summed E-state index contributed by atoms with van der Waals surface area (Å²) in [5.41, 5.74) is 2.01. The van der Waals surface area contributed by atoms with Crippen molar-refractivity contribution in [3.05, 3.63) is 59.7 Å². The van der Waals surface area contributed by atoms with Gasteiger partial charge in [0.25, 0.3) is 0 Å². The lowest BCUT2D eigenvalue weighted by Gasteiger charge is -2.30. The number of benzene rings is 2. The number of fused-ring (bicyclic) bond motifs is 1. The highest BCUT2D eigenvalue weighted by molar-refractivity contribution is 5.87. The Labute approximate surface area is 163 Å². The van der Waals surface area contributed by atoms with Crippen LogP contribution in [0.1, 0.15) is 45.1 Å². The molecule has 26 heavy (non-hydrogen) atoms. The Hall–Kier alpha value is -1.82. The molecule has 2 aromatic carbocycles. The lowest BCUT2D eigenvalue weighted by Crippen LogP contribution is -2.31. The highest BCUT2D eigenvalue weighted by atomic mass is 35.5. The first kappa shape index (κ1) is 20.5. The fourth-order valence-electron chi connectivity index (χ4n) is 3.88. The fraction of sp³-hybridized carbons (Fsp3) is 0.435. The minimum Gasteiger partial charge on any atom is -0.303 e. The zero-order valence-electron chi connectivity index (χ0n) is 15.9. The van der Waals surface area contributed by atoms with E-state index >= 15 is 0 Å². The normalized spacial score (nSPS) is 16.5. The van der Waals surface area contributed by atoms with Gasteiger partial charge < -0.3 is 4.90 Å². The lowest BCUT2D eigenvalue weighted by molar-refractivity contribution is 0.304. The minimum atomic E-state index is -0.458. The summed E-state index contributed by atoms with van der Waals surface area (Å²) in [4.78, 5) is 2.51. The van der Waals surface area contributed by atoms with E-state index in [1.54, 1.807) is 0 Å². The molecule has 3 heteroatoms. The fourth-order valence-corrected chi connectivity index (χ4v) is 3.88. The lowest BCUT2D eigenvalue weighted by atomic mass is 9.74. The van der Waals surface area contributed by atoms with Gasteiger partial charge in [0.05, 0.1) is 11.5 Å². The molecule has 3 rings (SSSR count). The van der Waals surface area contributed by atoms with Crippen molar-refractivity contribution in [2.75, 3.05) is 19.6 Å². The van der Waals surface area contributed by atoms with Crippen LogP contribution in [0.2, 0.25) is 0 Å². The SMILES string of the molecule is CC(C)=CCC(C#N)(CCN1CCCC1)c1cccc2ccccc12.Cl. The van der Waals surface area contributed by atoms with E-state index in [1.165, 1.54) is 47.8 Å². The van der Waals surface area contributed by atoms with Crippen LogP contribution in [0.15, 0.2) is 54.1 Å². The van der Waals surface area contributed by atoms with Gasteiger partial charge in [-0.3, -0.25) is 0 Å². The van der Waals surface area contributed by atoms with E-state index in [-0.39, 0.29) is 12.4 Å². The van der Waals surface area contributed by atoms with Gasteiger partial charge in [-0.05, 0) is 75.5 Å². The second kappa shape index (κ2) is 9.21. The molecule has 2 nitrogen and oxygen atoms in total. The summed E-state index contributed by atoms with van der Waals surface area (Å²) < 4.78 is 0. The molecule has 1 aliphatic rings. The third-order valence-electron chi connectivity index (χ3n) is 5.43. The van der Waals surface area contributed by atoms with Crippen molar-refractivity contribution in [3.8, 4) is 6.07 Å². The van der Waals surface area contributed by atoms with Crippen molar-refractivity contribution >= 4 is 23.2 Å². The molecule has 1 aliphatic heterocycles. The molecule has 1 atom stereocenters. The van der Waals surface area contributed by atoms with Gasteiger partial charge in [-0.1, -0.05) is 54.1 Å². The van der Waals surface area contributed by atoms with Gasteiger partial charge in [0.2, 0.25) is 0 Å². The quantitative estimate of drug-likeness (QED) is 0.596. The Morgan fingerprint density at radius 2 is 1.81 bits per heavy atom. The average molecular weight is 369 g/mol. The standard InChI is InChI=1S/C23H28N2.ClH/c1-19(2)12-13-23(18-24,14-17-25-15-5-6-16-25)22-11-7-9-20-8-3-4-10-21(20)22;/h3-4,7-12H,5-6,13-17H2,1-2H3;1H. The van der Waals surface area contributed by atoms with Crippen LogP contribution in [0.5, 0.6) is 0 Å². The van der Waals surface area contributed by atoms with E-state index in [2.05, 4.69) is 73.4 Å². The van der Waals surface area contributed by atoms with Gasteiger partial charge in [-0.25, -0.2) is 0 Å². The first-order chi connectivity index (χ1) is 12.1. The number of halogens is 1. The number of allylic oxidation sites excluding steroid dienone is 2. The maximum absolute atomic E-state index is 10.3. The summed E-state index contributed by atoms with van der Waals surface area (Å²) >= 11 is 0. The van der Waals surface area contributed by atoms with Gasteiger partial charge in [-0.15, -0.1) is 12.4 Å². The van der Waals surface area contributed by atoms with Crippen molar-refractivity contribution in [1.82, 2.24) is 4.90 Å². The highest BCUT2D eigenvalue weighted by Crippen LogP contribution is 2.37. The molecule has 1 heterocycles. The second-order valence-corrected chi connectivity index (χ2v) is 7.50. The molecule has 0 amide bonds. The van der Waals surface area contributed by atoms with Crippen LogP contribution in [-0.2, 0) is 5.41 Å². The molecule has 0 radical (unpaired) electrons. The molecule has 138 valence electrons. The summed E-state index contributed by atoms with van der Waals surface area (Å²) in [5.74, 6) is 0. The van der Waals surface area contributed by atoms with Gasteiger partial charge in [-0.2, -0.15) is 5.26 Å². The van der Waals surface area contributed by atoms with Gasteiger partial charge in [0.15, 0.2) is 0 Å². The van der Waals surface area contributed by atoms with Crippen LogP contribution in [0, 0.1) is 11.3 Å². The zero-order valence-corrected chi connectivity index (χ0v) is 16.7. The summed E-state index contributed by atoms with van der Waals surface area (Å²) in [5, 5.41) is 12.7. The van der Waals surface area contributed by atoms with Gasteiger partial charge in [0, 0.05) is 0 Å². The Morgan fingerprint density at radius 1 is 1.12 bits per heavy atom. The van der Waals surface area contributed by atoms with Crippen LogP contribution >= 0.6 is 12.4 Å². The van der Waals surface area contributed by atoms with Crippen molar-refractivity contribution in [3.63, 3.8) is 0 Å². The monoisotopic (exact) mass is 368 g/mol. The minimum absolute atomic E-state index is 0. The van der Waals surface area contributed by atoms with Crippen LogP contribution in [0.4, 0.5) is 0 Å². The number of hydrogen-bond acceptors (Lipinski definition) is 2. The highest BCUT2D eigenvalue weighted by Gasteiger charge is 2.33. The summed E-state index contributed by atoms with van der Waals surface area (Å²) in [6, 6.07) is 17.6. The van der Waals surface area contributed by atoms with Gasteiger partial charge >= 0.3 is 0 Å². The van der Waals surface area contributed by atoms with Crippen molar-refractivity contribution < 1.29 is 0 Å². The van der Waals surface area contributed by atoms with E-state index in [0.717, 1.165) is 19.4 Å². The Bertz CT molecular complexity index is 790. The molecule has 1 fully saturated rings. The number of nitriles is 1. The van der Waals surface area contributed by atoms with E-state index in [1.807, 2.05) is 0 Å².